The number of nitrogens with zero attached hydrogens (tertiary/aromatic N) is 3. The number of carbonyl (C=O) groups is 1. The summed E-state index contributed by atoms with van der Waals surface area (Å²) in [7, 11) is 0. The van der Waals surface area contributed by atoms with Crippen LogP contribution in [0.1, 0.15) is 23.9 Å². The lowest BCUT2D eigenvalue weighted by Crippen LogP contribution is -2.26. The predicted molar refractivity (Wildman–Crippen MR) is 60.7 cm³/mol. The number of aryl methyl sites for hydroxylation is 2. The molecule has 1 aliphatic heterocycles. The minimum atomic E-state index is 0.223. The van der Waals surface area contributed by atoms with Crippen molar-refractivity contribution in [2.24, 2.45) is 0 Å². The summed E-state index contributed by atoms with van der Waals surface area (Å²) in [6.45, 7) is 8.88. The van der Waals surface area contributed by atoms with Crippen LogP contribution in [0.3, 0.4) is 0 Å². The van der Waals surface area contributed by atoms with Crippen LogP contribution in [-0.4, -0.2) is 45.7 Å². The second kappa shape index (κ2) is 4.25. The molecule has 1 aromatic heterocycles. The normalized spacial score (nSPS) is 17.4. The minimum absolute atomic E-state index is 0.223. The van der Waals surface area contributed by atoms with Gasteiger partial charge in [-0.05, 0) is 20.8 Å². The minimum Gasteiger partial charge on any atom is -0.329 e. The standard InChI is InChI=1S/C11H18N4O/c1-4-15-7-14(6-11(15)16)5-10-8(2)12-13-9(10)3/h4-7H2,1-3H3,(H,12,13). The van der Waals surface area contributed by atoms with Crippen molar-refractivity contribution in [1.82, 2.24) is 20.0 Å². The van der Waals surface area contributed by atoms with E-state index in [2.05, 4.69) is 15.1 Å². The molecule has 5 nitrogen and oxygen atoms in total. The Morgan fingerprint density at radius 3 is 2.69 bits per heavy atom. The molecular weight excluding hydrogens is 204 g/mol. The van der Waals surface area contributed by atoms with Crippen LogP contribution in [0.5, 0.6) is 0 Å². The van der Waals surface area contributed by atoms with E-state index in [9.17, 15) is 4.79 Å². The first-order chi connectivity index (χ1) is 7.61. The van der Waals surface area contributed by atoms with E-state index >= 15 is 0 Å². The highest BCUT2D eigenvalue weighted by atomic mass is 16.2. The third-order valence-corrected chi connectivity index (χ3v) is 3.13. The van der Waals surface area contributed by atoms with Crippen LogP contribution in [0, 0.1) is 13.8 Å². The zero-order valence-corrected chi connectivity index (χ0v) is 10.1. The van der Waals surface area contributed by atoms with Gasteiger partial charge in [-0.1, -0.05) is 0 Å². The summed E-state index contributed by atoms with van der Waals surface area (Å²) in [5, 5.41) is 7.14. The van der Waals surface area contributed by atoms with Crippen molar-refractivity contribution >= 4 is 5.91 Å². The molecule has 5 heteroatoms. The number of H-pyrrole nitrogens is 1. The van der Waals surface area contributed by atoms with Gasteiger partial charge in [0.2, 0.25) is 5.91 Å². The van der Waals surface area contributed by atoms with E-state index < -0.39 is 0 Å². The Balaban J connectivity index is 2.04. The second-order valence-electron chi connectivity index (χ2n) is 4.29. The number of hydrogen-bond acceptors (Lipinski definition) is 3. The van der Waals surface area contributed by atoms with Gasteiger partial charge >= 0.3 is 0 Å². The molecule has 2 rings (SSSR count). The maximum absolute atomic E-state index is 11.6. The molecule has 1 aromatic rings. The van der Waals surface area contributed by atoms with E-state index in [0.29, 0.717) is 6.54 Å². The summed E-state index contributed by atoms with van der Waals surface area (Å²) >= 11 is 0. The third kappa shape index (κ3) is 1.95. The first kappa shape index (κ1) is 11.1. The van der Waals surface area contributed by atoms with Crippen LogP contribution in [0.4, 0.5) is 0 Å². The predicted octanol–water partition coefficient (Wildman–Crippen LogP) is 0.648. The quantitative estimate of drug-likeness (QED) is 0.817. The first-order valence-corrected chi connectivity index (χ1v) is 5.62. The summed E-state index contributed by atoms with van der Waals surface area (Å²) in [6, 6.07) is 0. The zero-order valence-electron chi connectivity index (χ0n) is 10.1. The van der Waals surface area contributed by atoms with E-state index in [1.165, 1.54) is 5.56 Å². The van der Waals surface area contributed by atoms with Crippen molar-refractivity contribution in [3.63, 3.8) is 0 Å². The van der Waals surface area contributed by atoms with Gasteiger partial charge in [0.15, 0.2) is 0 Å². The van der Waals surface area contributed by atoms with Gasteiger partial charge in [-0.2, -0.15) is 5.10 Å². The smallest absolute Gasteiger partial charge is 0.237 e. The molecule has 0 saturated carbocycles. The van der Waals surface area contributed by atoms with E-state index in [4.69, 9.17) is 0 Å². The van der Waals surface area contributed by atoms with Gasteiger partial charge in [0, 0.05) is 24.3 Å². The number of amides is 1. The number of hydrogen-bond donors (Lipinski definition) is 1. The number of carbonyl (C=O) groups excluding carboxylic acids is 1. The molecule has 1 fully saturated rings. The largest absolute Gasteiger partial charge is 0.329 e. The first-order valence-electron chi connectivity index (χ1n) is 5.62. The van der Waals surface area contributed by atoms with Gasteiger partial charge in [-0.3, -0.25) is 14.8 Å². The van der Waals surface area contributed by atoms with Crippen LogP contribution in [0.25, 0.3) is 0 Å². The molecule has 1 N–H and O–H groups in total. The highest BCUT2D eigenvalue weighted by Crippen LogP contribution is 2.15. The van der Waals surface area contributed by atoms with Crippen molar-refractivity contribution in [2.75, 3.05) is 19.8 Å². The number of aromatic amines is 1. The maximum atomic E-state index is 11.6. The fraction of sp³-hybridized carbons (Fsp3) is 0.636. The number of likely N-dealkylation sites (N-methyl/N-ethyl adjacent to an activating group) is 1. The monoisotopic (exact) mass is 222 g/mol. The topological polar surface area (TPSA) is 52.2 Å². The Bertz CT molecular complexity index is 379. The summed E-state index contributed by atoms with van der Waals surface area (Å²) in [6.07, 6.45) is 0. The molecular formula is C11H18N4O. The highest BCUT2D eigenvalue weighted by molar-refractivity contribution is 5.80. The summed E-state index contributed by atoms with van der Waals surface area (Å²) in [5.41, 5.74) is 3.34. The van der Waals surface area contributed by atoms with Crippen LogP contribution >= 0.6 is 0 Å². The SMILES string of the molecule is CCN1CN(Cc2c(C)n[nH]c2C)CC1=O. The Hall–Kier alpha value is -1.36. The van der Waals surface area contributed by atoms with Gasteiger partial charge in [0.05, 0.1) is 18.9 Å². The van der Waals surface area contributed by atoms with Crippen molar-refractivity contribution in [1.29, 1.82) is 0 Å². The van der Waals surface area contributed by atoms with E-state index in [1.54, 1.807) is 0 Å². The Labute approximate surface area is 95.4 Å². The molecule has 0 radical (unpaired) electrons. The fourth-order valence-electron chi connectivity index (χ4n) is 2.07. The lowest BCUT2D eigenvalue weighted by Gasteiger charge is -2.16. The lowest BCUT2D eigenvalue weighted by atomic mass is 10.2. The molecule has 2 heterocycles. The van der Waals surface area contributed by atoms with E-state index in [-0.39, 0.29) is 5.91 Å². The van der Waals surface area contributed by atoms with E-state index in [1.807, 2.05) is 25.7 Å². The van der Waals surface area contributed by atoms with Gasteiger partial charge < -0.3 is 4.90 Å². The van der Waals surface area contributed by atoms with Crippen molar-refractivity contribution < 1.29 is 4.79 Å². The molecule has 0 aromatic carbocycles. The average Bonchev–Trinajstić information content (AvgIpc) is 2.76. The number of aromatic nitrogens is 2. The Morgan fingerprint density at radius 1 is 1.44 bits per heavy atom. The van der Waals surface area contributed by atoms with Crippen molar-refractivity contribution in [2.45, 2.75) is 27.3 Å². The third-order valence-electron chi connectivity index (χ3n) is 3.13. The highest BCUT2D eigenvalue weighted by Gasteiger charge is 2.26. The lowest BCUT2D eigenvalue weighted by molar-refractivity contribution is -0.126. The molecule has 0 aliphatic carbocycles. The molecule has 0 bridgehead atoms. The molecule has 16 heavy (non-hydrogen) atoms. The Morgan fingerprint density at radius 2 is 2.19 bits per heavy atom. The number of rotatable bonds is 3. The second-order valence-corrected chi connectivity index (χ2v) is 4.29. The molecule has 0 unspecified atom stereocenters. The van der Waals surface area contributed by atoms with Crippen LogP contribution < -0.4 is 0 Å². The molecule has 88 valence electrons. The summed E-state index contributed by atoms with van der Waals surface area (Å²) in [5.74, 6) is 0.223. The van der Waals surface area contributed by atoms with Crippen LogP contribution in [0.15, 0.2) is 0 Å². The molecule has 1 amide bonds. The number of nitrogens with one attached hydrogen (secondary N) is 1. The zero-order chi connectivity index (χ0) is 11.7. The van der Waals surface area contributed by atoms with Crippen molar-refractivity contribution in [3.05, 3.63) is 17.0 Å². The van der Waals surface area contributed by atoms with Crippen LogP contribution in [-0.2, 0) is 11.3 Å². The summed E-state index contributed by atoms with van der Waals surface area (Å²) < 4.78 is 0. The van der Waals surface area contributed by atoms with Crippen LogP contribution in [0.2, 0.25) is 0 Å². The van der Waals surface area contributed by atoms with E-state index in [0.717, 1.165) is 31.1 Å². The molecule has 1 saturated heterocycles. The van der Waals surface area contributed by atoms with Gasteiger partial charge in [0.25, 0.3) is 0 Å². The van der Waals surface area contributed by atoms with Gasteiger partial charge in [-0.25, -0.2) is 0 Å². The molecule has 1 aliphatic rings. The molecule has 0 spiro atoms. The van der Waals surface area contributed by atoms with Crippen molar-refractivity contribution in [3.8, 4) is 0 Å². The fourth-order valence-corrected chi connectivity index (χ4v) is 2.07. The van der Waals surface area contributed by atoms with Gasteiger partial charge in [0.1, 0.15) is 0 Å². The average molecular weight is 222 g/mol. The maximum Gasteiger partial charge on any atom is 0.237 e. The Kier molecular flexibility index (Phi) is 2.96. The summed E-state index contributed by atoms with van der Waals surface area (Å²) in [4.78, 5) is 15.6. The molecule has 0 atom stereocenters. The van der Waals surface area contributed by atoms with Gasteiger partial charge in [-0.15, -0.1) is 0 Å².